The van der Waals surface area contributed by atoms with Crippen LogP contribution in [0.15, 0.2) is 60.7 Å². The summed E-state index contributed by atoms with van der Waals surface area (Å²) in [4.78, 5) is 22.4. The lowest BCUT2D eigenvalue weighted by Gasteiger charge is -2.07. The molecule has 0 atom stereocenters. The molecule has 0 radical (unpaired) electrons. The van der Waals surface area contributed by atoms with Gasteiger partial charge in [0.25, 0.3) is 5.69 Å². The van der Waals surface area contributed by atoms with Crippen LogP contribution in [0.25, 0.3) is 23.0 Å². The highest BCUT2D eigenvalue weighted by atomic mass is 19.1. The highest BCUT2D eigenvalue weighted by Gasteiger charge is 2.25. The number of rotatable bonds is 3. The van der Waals surface area contributed by atoms with Crippen LogP contribution in [0.1, 0.15) is 21.5 Å². The molecule has 28 heavy (non-hydrogen) atoms. The van der Waals surface area contributed by atoms with Gasteiger partial charge in [-0.3, -0.25) is 10.1 Å². The lowest BCUT2D eigenvalue weighted by atomic mass is 10.00. The van der Waals surface area contributed by atoms with Crippen molar-refractivity contribution in [2.24, 2.45) is 0 Å². The molecule has 0 aromatic heterocycles. The lowest BCUT2D eigenvalue weighted by Crippen LogP contribution is -1.96. The molecular weight excluding hydrogens is 363 g/mol. The number of carbonyl (C=O) groups excluding carboxylic acids is 1. The minimum absolute atomic E-state index is 0.00176. The van der Waals surface area contributed by atoms with Crippen LogP contribution in [0.3, 0.4) is 0 Å². The fourth-order valence-corrected chi connectivity index (χ4v) is 3.07. The summed E-state index contributed by atoms with van der Waals surface area (Å²) in [6, 6.07) is 15.4. The highest BCUT2D eigenvalue weighted by Crippen LogP contribution is 2.34. The molecule has 0 bridgehead atoms. The number of hydrogen-bond donors (Lipinski definition) is 1. The lowest BCUT2D eigenvalue weighted by molar-refractivity contribution is -0.383. The summed E-state index contributed by atoms with van der Waals surface area (Å²) >= 11 is 0. The van der Waals surface area contributed by atoms with E-state index >= 15 is 0 Å². The second-order valence-corrected chi connectivity index (χ2v) is 6.21. The van der Waals surface area contributed by atoms with Gasteiger partial charge >= 0.3 is 5.97 Å². The van der Waals surface area contributed by atoms with Crippen molar-refractivity contribution in [1.29, 1.82) is 0 Å². The third kappa shape index (κ3) is 2.99. The van der Waals surface area contributed by atoms with Gasteiger partial charge in [-0.25, -0.2) is 9.18 Å². The predicted molar refractivity (Wildman–Crippen MR) is 103 cm³/mol. The smallest absolute Gasteiger partial charge is 0.344 e. The molecule has 4 rings (SSSR count). The first-order valence-electron chi connectivity index (χ1n) is 8.31. The van der Waals surface area contributed by atoms with E-state index in [4.69, 9.17) is 10.5 Å². The summed E-state index contributed by atoms with van der Waals surface area (Å²) in [5.74, 6) is -0.621. The number of anilines is 1. The fraction of sp³-hybridized carbons (Fsp3) is 0. The number of nitrogens with two attached hydrogens (primary N) is 1. The van der Waals surface area contributed by atoms with Gasteiger partial charge in [-0.2, -0.15) is 0 Å². The topological polar surface area (TPSA) is 95.5 Å². The SMILES string of the molecule is Nc1ccc(-c2cc(/C=C3\OC(=O)c4ccccc43)ccc2F)cc1[N+](=O)[O-]. The van der Waals surface area contributed by atoms with Gasteiger partial charge in [-0.15, -0.1) is 0 Å². The summed E-state index contributed by atoms with van der Waals surface area (Å²) in [6.07, 6.45) is 1.62. The van der Waals surface area contributed by atoms with Gasteiger partial charge < -0.3 is 10.5 Å². The summed E-state index contributed by atoms with van der Waals surface area (Å²) in [5, 5.41) is 11.1. The van der Waals surface area contributed by atoms with Crippen molar-refractivity contribution in [2.75, 3.05) is 5.73 Å². The van der Waals surface area contributed by atoms with E-state index in [0.29, 0.717) is 28.0 Å². The molecule has 0 amide bonds. The van der Waals surface area contributed by atoms with Crippen molar-refractivity contribution in [1.82, 2.24) is 0 Å². The fourth-order valence-electron chi connectivity index (χ4n) is 3.07. The molecule has 3 aromatic carbocycles. The Bertz CT molecular complexity index is 1170. The Labute approximate surface area is 158 Å². The normalized spacial score (nSPS) is 14.0. The van der Waals surface area contributed by atoms with Crippen molar-refractivity contribution in [3.63, 3.8) is 0 Å². The number of nitro benzene ring substituents is 1. The third-order valence-electron chi connectivity index (χ3n) is 4.44. The first-order chi connectivity index (χ1) is 13.4. The molecule has 0 saturated heterocycles. The van der Waals surface area contributed by atoms with Crippen molar-refractivity contribution in [3.05, 3.63) is 93.3 Å². The van der Waals surface area contributed by atoms with Crippen molar-refractivity contribution in [2.45, 2.75) is 0 Å². The largest absolute Gasteiger partial charge is 0.422 e. The number of halogens is 1. The average Bonchev–Trinajstić information content (AvgIpc) is 2.99. The van der Waals surface area contributed by atoms with Crippen LogP contribution < -0.4 is 5.73 Å². The van der Waals surface area contributed by atoms with Crippen LogP contribution in [-0.4, -0.2) is 10.9 Å². The molecule has 3 aromatic rings. The Balaban J connectivity index is 1.78. The van der Waals surface area contributed by atoms with E-state index in [-0.39, 0.29) is 16.9 Å². The number of nitro groups is 1. The Morgan fingerprint density at radius 2 is 1.75 bits per heavy atom. The van der Waals surface area contributed by atoms with E-state index in [1.807, 2.05) is 0 Å². The Kier molecular flexibility index (Phi) is 4.12. The van der Waals surface area contributed by atoms with Crippen LogP contribution in [0, 0.1) is 15.9 Å². The third-order valence-corrected chi connectivity index (χ3v) is 4.44. The molecule has 7 heteroatoms. The molecule has 0 aliphatic carbocycles. The number of fused-ring (bicyclic) bond motifs is 1. The van der Waals surface area contributed by atoms with Gasteiger partial charge in [0.15, 0.2) is 0 Å². The Morgan fingerprint density at radius 3 is 2.50 bits per heavy atom. The molecule has 2 N–H and O–H groups in total. The number of nitrogens with zero attached hydrogens (tertiary/aromatic N) is 1. The van der Waals surface area contributed by atoms with Gasteiger partial charge in [-0.1, -0.05) is 30.3 Å². The average molecular weight is 376 g/mol. The van der Waals surface area contributed by atoms with Crippen molar-refractivity contribution < 1.29 is 18.8 Å². The molecule has 0 fully saturated rings. The van der Waals surface area contributed by atoms with Crippen LogP contribution >= 0.6 is 0 Å². The van der Waals surface area contributed by atoms with Crippen molar-refractivity contribution >= 4 is 29.2 Å². The maximum Gasteiger partial charge on any atom is 0.344 e. The van der Waals surface area contributed by atoms with Crippen LogP contribution in [0.2, 0.25) is 0 Å². The van der Waals surface area contributed by atoms with E-state index in [1.165, 1.54) is 36.4 Å². The van der Waals surface area contributed by atoms with Gasteiger partial charge in [0.2, 0.25) is 0 Å². The number of esters is 1. The molecule has 0 unspecified atom stereocenters. The Hall–Kier alpha value is -4.00. The molecular formula is C21H13FN2O4. The van der Waals surface area contributed by atoms with E-state index in [2.05, 4.69) is 0 Å². The molecule has 1 aliphatic rings. The first kappa shape index (κ1) is 17.4. The summed E-state index contributed by atoms with van der Waals surface area (Å²) in [7, 11) is 0. The van der Waals surface area contributed by atoms with E-state index in [0.717, 1.165) is 0 Å². The highest BCUT2D eigenvalue weighted by molar-refractivity contribution is 6.05. The predicted octanol–water partition coefficient (Wildman–Crippen LogP) is 4.65. The number of cyclic esters (lactones) is 1. The Morgan fingerprint density at radius 1 is 1.00 bits per heavy atom. The zero-order valence-electron chi connectivity index (χ0n) is 14.4. The second-order valence-electron chi connectivity index (χ2n) is 6.21. The number of nitrogen functional groups attached to an aromatic ring is 1. The second kappa shape index (κ2) is 6.62. The number of benzene rings is 3. The van der Waals surface area contributed by atoms with Crippen LogP contribution in [-0.2, 0) is 4.74 Å². The minimum Gasteiger partial charge on any atom is -0.422 e. The summed E-state index contributed by atoms with van der Waals surface area (Å²) in [5.41, 5.74) is 7.51. The van der Waals surface area contributed by atoms with Gasteiger partial charge in [0, 0.05) is 17.2 Å². The summed E-state index contributed by atoms with van der Waals surface area (Å²) in [6.45, 7) is 0. The standard InChI is InChI=1S/C21H13FN2O4/c22-17-7-5-12(10-20-14-3-1-2-4-15(14)21(25)28-20)9-16(17)13-6-8-18(23)19(11-13)24(26)27/h1-11H,23H2/b20-10-. The van der Waals surface area contributed by atoms with E-state index < -0.39 is 16.7 Å². The van der Waals surface area contributed by atoms with Crippen LogP contribution in [0.5, 0.6) is 0 Å². The van der Waals surface area contributed by atoms with Gasteiger partial charge in [0.1, 0.15) is 17.3 Å². The molecule has 0 saturated carbocycles. The first-order valence-corrected chi connectivity index (χ1v) is 8.31. The zero-order valence-corrected chi connectivity index (χ0v) is 14.4. The van der Waals surface area contributed by atoms with Gasteiger partial charge in [0.05, 0.1) is 10.5 Å². The quantitative estimate of drug-likeness (QED) is 0.311. The van der Waals surface area contributed by atoms with E-state index in [9.17, 15) is 19.3 Å². The molecule has 1 aliphatic heterocycles. The number of ether oxygens (including phenoxy) is 1. The summed E-state index contributed by atoms with van der Waals surface area (Å²) < 4.78 is 19.7. The maximum absolute atomic E-state index is 14.4. The maximum atomic E-state index is 14.4. The molecule has 0 spiro atoms. The van der Waals surface area contributed by atoms with Crippen LogP contribution in [0.4, 0.5) is 15.8 Å². The number of hydrogen-bond acceptors (Lipinski definition) is 5. The molecule has 138 valence electrons. The molecule has 1 heterocycles. The van der Waals surface area contributed by atoms with Crippen molar-refractivity contribution in [3.8, 4) is 11.1 Å². The zero-order chi connectivity index (χ0) is 19.8. The number of carbonyl (C=O) groups is 1. The minimum atomic E-state index is -0.614. The molecule has 6 nitrogen and oxygen atoms in total. The monoisotopic (exact) mass is 376 g/mol. The van der Waals surface area contributed by atoms with Gasteiger partial charge in [-0.05, 0) is 41.5 Å². The van der Waals surface area contributed by atoms with E-state index in [1.54, 1.807) is 30.3 Å².